The summed E-state index contributed by atoms with van der Waals surface area (Å²) in [6.45, 7) is 11.3. The first kappa shape index (κ1) is 28.3. The van der Waals surface area contributed by atoms with Crippen molar-refractivity contribution in [1.82, 2.24) is 14.7 Å². The summed E-state index contributed by atoms with van der Waals surface area (Å²) in [6, 6.07) is 11.6. The number of carbonyl (C=O) groups is 1. The minimum Gasteiger partial charge on any atom is -0.493 e. The van der Waals surface area contributed by atoms with Crippen molar-refractivity contribution in [1.29, 1.82) is 0 Å². The van der Waals surface area contributed by atoms with Crippen LogP contribution in [0.5, 0.6) is 5.75 Å². The number of ether oxygens (including phenoxy) is 1. The molecule has 0 unspecified atom stereocenters. The highest BCUT2D eigenvalue weighted by molar-refractivity contribution is 7.90. The molecule has 0 saturated carbocycles. The third-order valence-corrected chi connectivity index (χ3v) is 8.22. The fourth-order valence-electron chi connectivity index (χ4n) is 4.39. The number of nitrogens with two attached hydrogens (primary N) is 1. The van der Waals surface area contributed by atoms with Gasteiger partial charge in [0, 0.05) is 24.2 Å². The van der Waals surface area contributed by atoms with Crippen molar-refractivity contribution in [2.75, 3.05) is 23.8 Å². The van der Waals surface area contributed by atoms with Crippen LogP contribution in [0.3, 0.4) is 0 Å². The van der Waals surface area contributed by atoms with Crippen LogP contribution in [0.25, 0.3) is 11.3 Å². The minimum atomic E-state index is -4.30. The van der Waals surface area contributed by atoms with E-state index in [0.717, 1.165) is 6.42 Å². The molecular formula is C28H34FN5O4S. The summed E-state index contributed by atoms with van der Waals surface area (Å²) in [5, 5.41) is -0.369. The van der Waals surface area contributed by atoms with E-state index in [1.54, 1.807) is 12.1 Å². The molecular weight excluding hydrogens is 521 g/mol. The molecule has 2 aromatic heterocycles. The highest BCUT2D eigenvalue weighted by atomic mass is 32.2. The fourth-order valence-corrected chi connectivity index (χ4v) is 5.34. The van der Waals surface area contributed by atoms with Crippen LogP contribution in [0.1, 0.15) is 51.4 Å². The number of benzene rings is 1. The van der Waals surface area contributed by atoms with Gasteiger partial charge in [0.2, 0.25) is 0 Å². The second-order valence-corrected chi connectivity index (χ2v) is 12.5. The zero-order valence-corrected chi connectivity index (χ0v) is 23.5. The SMILES string of the molecule is CC(C)COc1cc(F)cc(-c2ccc(C(=O)NS(=O)(=O)c3cccc(N)n3)c(N3CCC(C)(C)[C@@H]3C)n2)c1. The normalized spacial score (nSPS) is 16.9. The number of carbonyl (C=O) groups excluding carboxylic acids is 1. The molecule has 0 bridgehead atoms. The van der Waals surface area contributed by atoms with Crippen LogP contribution in [-0.4, -0.2) is 43.5 Å². The summed E-state index contributed by atoms with van der Waals surface area (Å²) in [5.41, 5.74) is 6.53. The van der Waals surface area contributed by atoms with Gasteiger partial charge in [-0.3, -0.25) is 4.79 Å². The molecule has 11 heteroatoms. The maximum atomic E-state index is 14.5. The van der Waals surface area contributed by atoms with Gasteiger partial charge >= 0.3 is 0 Å². The number of hydrogen-bond acceptors (Lipinski definition) is 8. The Morgan fingerprint density at radius 3 is 2.59 bits per heavy atom. The summed E-state index contributed by atoms with van der Waals surface area (Å²) in [5.74, 6) is -0.374. The van der Waals surface area contributed by atoms with E-state index in [1.165, 1.54) is 36.4 Å². The molecule has 1 aromatic carbocycles. The van der Waals surface area contributed by atoms with E-state index in [1.807, 2.05) is 25.7 Å². The largest absolute Gasteiger partial charge is 0.493 e. The number of halogens is 1. The predicted octanol–water partition coefficient (Wildman–Crippen LogP) is 4.64. The maximum Gasteiger partial charge on any atom is 0.281 e. The monoisotopic (exact) mass is 555 g/mol. The third-order valence-electron chi connectivity index (χ3n) is 6.99. The van der Waals surface area contributed by atoms with E-state index in [4.69, 9.17) is 15.5 Å². The molecule has 0 aliphatic carbocycles. The highest BCUT2D eigenvalue weighted by Gasteiger charge is 2.39. The lowest BCUT2D eigenvalue weighted by Crippen LogP contribution is -2.37. The van der Waals surface area contributed by atoms with Gasteiger partial charge in [-0.05, 0) is 61.1 Å². The number of rotatable bonds is 8. The molecule has 1 saturated heterocycles. The van der Waals surface area contributed by atoms with E-state index in [9.17, 15) is 17.6 Å². The summed E-state index contributed by atoms with van der Waals surface area (Å²) >= 11 is 0. The van der Waals surface area contributed by atoms with Gasteiger partial charge in [-0.15, -0.1) is 0 Å². The van der Waals surface area contributed by atoms with E-state index in [-0.39, 0.29) is 33.8 Å². The Labute approximate surface area is 228 Å². The average molecular weight is 556 g/mol. The van der Waals surface area contributed by atoms with E-state index < -0.39 is 21.7 Å². The van der Waals surface area contributed by atoms with Crippen LogP contribution >= 0.6 is 0 Å². The van der Waals surface area contributed by atoms with Crippen molar-refractivity contribution in [2.45, 2.75) is 52.1 Å². The van der Waals surface area contributed by atoms with Gasteiger partial charge in [-0.1, -0.05) is 33.8 Å². The Kier molecular flexibility index (Phi) is 7.83. The number of amides is 1. The van der Waals surface area contributed by atoms with Crippen molar-refractivity contribution < 1.29 is 22.3 Å². The van der Waals surface area contributed by atoms with Crippen LogP contribution in [-0.2, 0) is 10.0 Å². The molecule has 3 heterocycles. The fraction of sp³-hybridized carbons (Fsp3) is 0.393. The van der Waals surface area contributed by atoms with Crippen LogP contribution < -0.4 is 20.1 Å². The number of anilines is 2. The molecule has 1 aliphatic rings. The van der Waals surface area contributed by atoms with Gasteiger partial charge in [0.25, 0.3) is 15.9 Å². The molecule has 39 heavy (non-hydrogen) atoms. The summed E-state index contributed by atoms with van der Waals surface area (Å²) in [4.78, 5) is 23.9. The number of hydrogen-bond donors (Lipinski definition) is 2. The van der Waals surface area contributed by atoms with Gasteiger partial charge in [-0.25, -0.2) is 19.1 Å². The van der Waals surface area contributed by atoms with E-state index in [0.29, 0.717) is 36.0 Å². The van der Waals surface area contributed by atoms with Crippen LogP contribution in [0, 0.1) is 17.2 Å². The first-order chi connectivity index (χ1) is 18.3. The standard InChI is InChI=1S/C28H34FN5O4S/c1-17(2)16-38-21-14-19(13-20(29)15-21)23-10-9-22(26(31-23)34-12-11-28(4,5)18(34)3)27(35)33-39(36,37)25-8-6-7-24(30)32-25/h6-10,13-15,17-18H,11-12,16H2,1-5H3,(H2,30,32)(H,33,35)/t18-/m0/s1. The molecule has 0 spiro atoms. The topological polar surface area (TPSA) is 128 Å². The number of aromatic nitrogens is 2. The van der Waals surface area contributed by atoms with Crippen molar-refractivity contribution in [3.05, 3.63) is 59.9 Å². The molecule has 1 fully saturated rings. The lowest BCUT2D eigenvalue weighted by Gasteiger charge is -2.31. The Morgan fingerprint density at radius 2 is 1.95 bits per heavy atom. The Hall–Kier alpha value is -3.73. The average Bonchev–Trinajstić information content (AvgIpc) is 3.13. The van der Waals surface area contributed by atoms with Crippen LogP contribution in [0.15, 0.2) is 53.6 Å². The molecule has 208 valence electrons. The molecule has 1 aliphatic heterocycles. The van der Waals surface area contributed by atoms with Crippen molar-refractivity contribution in [2.24, 2.45) is 11.3 Å². The van der Waals surface area contributed by atoms with Crippen LogP contribution in [0.2, 0.25) is 0 Å². The van der Waals surface area contributed by atoms with Gasteiger partial charge in [0.1, 0.15) is 23.2 Å². The lowest BCUT2D eigenvalue weighted by molar-refractivity contribution is 0.0981. The Bertz CT molecular complexity index is 1490. The second kappa shape index (κ2) is 10.8. The predicted molar refractivity (Wildman–Crippen MR) is 148 cm³/mol. The van der Waals surface area contributed by atoms with Gasteiger partial charge in [0.05, 0.1) is 17.9 Å². The summed E-state index contributed by atoms with van der Waals surface area (Å²) in [6.07, 6.45) is 0.847. The van der Waals surface area contributed by atoms with E-state index >= 15 is 0 Å². The third kappa shape index (κ3) is 6.30. The maximum absolute atomic E-state index is 14.5. The first-order valence-corrected chi connectivity index (χ1v) is 14.3. The molecule has 1 amide bonds. The van der Waals surface area contributed by atoms with Crippen molar-refractivity contribution in [3.63, 3.8) is 0 Å². The number of nitrogens with zero attached hydrogens (tertiary/aromatic N) is 3. The quantitative estimate of drug-likeness (QED) is 0.411. The minimum absolute atomic E-state index is 0.00330. The van der Waals surface area contributed by atoms with E-state index in [2.05, 4.69) is 23.6 Å². The summed E-state index contributed by atoms with van der Waals surface area (Å²) < 4.78 is 48.1. The molecule has 1 atom stereocenters. The molecule has 9 nitrogen and oxygen atoms in total. The zero-order chi connectivity index (χ0) is 28.5. The highest BCUT2D eigenvalue weighted by Crippen LogP contribution is 2.40. The lowest BCUT2D eigenvalue weighted by atomic mass is 9.86. The van der Waals surface area contributed by atoms with Gasteiger partial charge < -0.3 is 15.4 Å². The van der Waals surface area contributed by atoms with Gasteiger partial charge in [0.15, 0.2) is 5.03 Å². The number of pyridine rings is 2. The smallest absolute Gasteiger partial charge is 0.281 e. The van der Waals surface area contributed by atoms with Crippen molar-refractivity contribution in [3.8, 4) is 17.0 Å². The Morgan fingerprint density at radius 1 is 1.21 bits per heavy atom. The molecule has 0 radical (unpaired) electrons. The second-order valence-electron chi connectivity index (χ2n) is 10.9. The number of sulfonamides is 1. The first-order valence-electron chi connectivity index (χ1n) is 12.8. The number of nitrogen functional groups attached to an aromatic ring is 1. The number of nitrogens with one attached hydrogen (secondary N) is 1. The van der Waals surface area contributed by atoms with Crippen LogP contribution in [0.4, 0.5) is 16.0 Å². The summed E-state index contributed by atoms with van der Waals surface area (Å²) in [7, 11) is -4.30. The molecule has 4 rings (SSSR count). The molecule has 3 aromatic rings. The molecule has 3 N–H and O–H groups in total. The van der Waals surface area contributed by atoms with Crippen molar-refractivity contribution >= 4 is 27.6 Å². The van der Waals surface area contributed by atoms with Gasteiger partial charge in [-0.2, -0.15) is 8.42 Å². The zero-order valence-electron chi connectivity index (χ0n) is 22.7. The Balaban J connectivity index is 1.75.